The molecule has 0 atom stereocenters. The van der Waals surface area contributed by atoms with Gasteiger partial charge in [-0.2, -0.15) is 13.2 Å². The van der Waals surface area contributed by atoms with Crippen LogP contribution in [0.3, 0.4) is 0 Å². The summed E-state index contributed by atoms with van der Waals surface area (Å²) in [5.41, 5.74) is -1.27. The number of carbonyl (C=O) groups excluding carboxylic acids is 1. The van der Waals surface area contributed by atoms with E-state index in [1.807, 2.05) is 0 Å². The third-order valence-corrected chi connectivity index (χ3v) is 2.67. The monoisotopic (exact) mass is 274 g/mol. The standard InChI is InChI=1S/C11H6ClF3N2O/c12-8-6(9(18)10-16-4-5-17-10)2-1-3-7(8)11(13,14)15/h1-5H,(H,16,17). The Balaban J connectivity index is 2.50. The summed E-state index contributed by atoms with van der Waals surface area (Å²) in [6.07, 6.45) is -1.87. The predicted molar refractivity (Wildman–Crippen MR) is 58.5 cm³/mol. The number of rotatable bonds is 2. The SMILES string of the molecule is O=C(c1ncc[nH]1)c1cccc(C(F)(F)F)c1Cl. The molecule has 3 nitrogen and oxygen atoms in total. The Morgan fingerprint density at radius 1 is 1.33 bits per heavy atom. The summed E-state index contributed by atoms with van der Waals surface area (Å²) in [6, 6.07) is 3.18. The average molecular weight is 275 g/mol. The number of H-pyrrole nitrogens is 1. The summed E-state index contributed by atoms with van der Waals surface area (Å²) in [5.74, 6) is -0.743. The average Bonchev–Trinajstić information content (AvgIpc) is 2.80. The minimum atomic E-state index is -4.60. The van der Waals surface area contributed by atoms with Crippen LogP contribution in [-0.2, 0) is 6.18 Å². The second kappa shape index (κ2) is 4.45. The van der Waals surface area contributed by atoms with Gasteiger partial charge < -0.3 is 4.98 Å². The summed E-state index contributed by atoms with van der Waals surface area (Å²) in [5, 5.41) is -0.619. The van der Waals surface area contributed by atoms with Gasteiger partial charge in [0.2, 0.25) is 5.78 Å². The second-order valence-corrected chi connectivity index (χ2v) is 3.81. The highest BCUT2D eigenvalue weighted by atomic mass is 35.5. The lowest BCUT2D eigenvalue weighted by molar-refractivity contribution is -0.137. The maximum absolute atomic E-state index is 12.6. The molecular weight excluding hydrogens is 269 g/mol. The first-order valence-electron chi connectivity index (χ1n) is 4.81. The van der Waals surface area contributed by atoms with E-state index in [1.165, 1.54) is 18.5 Å². The zero-order chi connectivity index (χ0) is 13.3. The predicted octanol–water partition coefficient (Wildman–Crippen LogP) is 3.31. The first-order chi connectivity index (χ1) is 8.41. The van der Waals surface area contributed by atoms with Crippen molar-refractivity contribution in [1.29, 1.82) is 0 Å². The first-order valence-corrected chi connectivity index (χ1v) is 5.19. The summed E-state index contributed by atoms with van der Waals surface area (Å²) in [7, 11) is 0. The zero-order valence-electron chi connectivity index (χ0n) is 8.75. The number of halogens is 4. The minimum Gasteiger partial charge on any atom is -0.342 e. The molecule has 18 heavy (non-hydrogen) atoms. The molecule has 1 heterocycles. The van der Waals surface area contributed by atoms with Gasteiger partial charge in [-0.3, -0.25) is 4.79 Å². The lowest BCUT2D eigenvalue weighted by atomic mass is 10.1. The number of hydrogen-bond donors (Lipinski definition) is 1. The molecule has 7 heteroatoms. The third kappa shape index (κ3) is 2.24. The van der Waals surface area contributed by atoms with E-state index >= 15 is 0 Å². The van der Waals surface area contributed by atoms with E-state index in [0.29, 0.717) is 0 Å². The van der Waals surface area contributed by atoms with Crippen LogP contribution >= 0.6 is 11.6 Å². The van der Waals surface area contributed by atoms with Crippen molar-refractivity contribution in [1.82, 2.24) is 9.97 Å². The highest BCUT2D eigenvalue weighted by Crippen LogP contribution is 2.36. The molecule has 2 aromatic rings. The quantitative estimate of drug-likeness (QED) is 0.854. The molecule has 0 spiro atoms. The number of carbonyl (C=O) groups is 1. The Bertz CT molecular complexity index is 578. The van der Waals surface area contributed by atoms with Crippen LogP contribution in [0.2, 0.25) is 5.02 Å². The second-order valence-electron chi connectivity index (χ2n) is 3.43. The molecular formula is C11H6ClF3N2O. The molecule has 2 rings (SSSR count). The van der Waals surface area contributed by atoms with Gasteiger partial charge in [-0.25, -0.2) is 4.98 Å². The molecule has 0 unspecified atom stereocenters. The lowest BCUT2D eigenvalue weighted by Crippen LogP contribution is -2.11. The van der Waals surface area contributed by atoms with E-state index in [2.05, 4.69) is 9.97 Å². The molecule has 0 radical (unpaired) electrons. The van der Waals surface area contributed by atoms with Crippen LogP contribution in [0.1, 0.15) is 21.7 Å². The van der Waals surface area contributed by atoms with E-state index in [9.17, 15) is 18.0 Å². The third-order valence-electron chi connectivity index (χ3n) is 2.26. The Labute approximate surface area is 105 Å². The highest BCUT2D eigenvalue weighted by molar-refractivity contribution is 6.35. The fourth-order valence-corrected chi connectivity index (χ4v) is 1.76. The lowest BCUT2D eigenvalue weighted by Gasteiger charge is -2.10. The van der Waals surface area contributed by atoms with Crippen LogP contribution in [-0.4, -0.2) is 15.8 Å². The van der Waals surface area contributed by atoms with Crippen LogP contribution in [0.15, 0.2) is 30.6 Å². The summed E-state index contributed by atoms with van der Waals surface area (Å²) in [4.78, 5) is 18.1. The fraction of sp³-hybridized carbons (Fsp3) is 0.0909. The van der Waals surface area contributed by atoms with Crippen molar-refractivity contribution in [2.75, 3.05) is 0 Å². The molecule has 0 bridgehead atoms. The maximum Gasteiger partial charge on any atom is 0.417 e. The molecule has 94 valence electrons. The smallest absolute Gasteiger partial charge is 0.342 e. The number of hydrogen-bond acceptors (Lipinski definition) is 2. The Morgan fingerprint density at radius 2 is 2.06 bits per heavy atom. The summed E-state index contributed by atoms with van der Waals surface area (Å²) in [6.45, 7) is 0. The van der Waals surface area contributed by atoms with Crippen molar-refractivity contribution < 1.29 is 18.0 Å². The molecule has 1 aromatic heterocycles. The molecule has 1 aromatic carbocycles. The molecule has 0 fully saturated rings. The van der Waals surface area contributed by atoms with Crippen molar-refractivity contribution in [2.45, 2.75) is 6.18 Å². The molecule has 0 amide bonds. The van der Waals surface area contributed by atoms with Gasteiger partial charge in [0.25, 0.3) is 0 Å². The molecule has 0 saturated heterocycles. The van der Waals surface area contributed by atoms with E-state index in [1.54, 1.807) is 0 Å². The van der Waals surface area contributed by atoms with Crippen molar-refractivity contribution in [3.05, 3.63) is 52.6 Å². The Morgan fingerprint density at radius 3 is 2.61 bits per heavy atom. The van der Waals surface area contributed by atoms with Crippen LogP contribution in [0.25, 0.3) is 0 Å². The van der Waals surface area contributed by atoms with E-state index in [0.717, 1.165) is 12.1 Å². The van der Waals surface area contributed by atoms with Gasteiger partial charge in [-0.05, 0) is 12.1 Å². The molecule has 1 N–H and O–H groups in total. The van der Waals surface area contributed by atoms with Crippen LogP contribution in [0, 0.1) is 0 Å². The zero-order valence-corrected chi connectivity index (χ0v) is 9.51. The van der Waals surface area contributed by atoms with Gasteiger partial charge in [-0.1, -0.05) is 17.7 Å². The number of nitrogens with zero attached hydrogens (tertiary/aromatic N) is 1. The Hall–Kier alpha value is -1.82. The molecule has 0 saturated carbocycles. The van der Waals surface area contributed by atoms with Crippen LogP contribution in [0.4, 0.5) is 13.2 Å². The van der Waals surface area contributed by atoms with Crippen molar-refractivity contribution in [3.63, 3.8) is 0 Å². The van der Waals surface area contributed by atoms with Crippen LogP contribution < -0.4 is 0 Å². The van der Waals surface area contributed by atoms with E-state index < -0.39 is 22.5 Å². The summed E-state index contributed by atoms with van der Waals surface area (Å²) >= 11 is 5.62. The number of alkyl halides is 3. The van der Waals surface area contributed by atoms with Gasteiger partial charge in [0.05, 0.1) is 10.6 Å². The highest BCUT2D eigenvalue weighted by Gasteiger charge is 2.34. The minimum absolute atomic E-state index is 0.0591. The fourth-order valence-electron chi connectivity index (χ4n) is 1.44. The number of benzene rings is 1. The molecule has 0 aliphatic carbocycles. The number of aromatic nitrogens is 2. The van der Waals surface area contributed by atoms with E-state index in [4.69, 9.17) is 11.6 Å². The van der Waals surface area contributed by atoms with Gasteiger partial charge >= 0.3 is 6.18 Å². The van der Waals surface area contributed by atoms with Crippen molar-refractivity contribution in [3.8, 4) is 0 Å². The van der Waals surface area contributed by atoms with Gasteiger partial charge in [0.15, 0.2) is 5.82 Å². The van der Waals surface area contributed by atoms with Crippen LogP contribution in [0.5, 0.6) is 0 Å². The molecule has 0 aliphatic heterocycles. The number of imidazole rings is 1. The van der Waals surface area contributed by atoms with Crippen molar-refractivity contribution in [2.24, 2.45) is 0 Å². The Kier molecular flexibility index (Phi) is 3.13. The number of aromatic amines is 1. The number of ketones is 1. The first kappa shape index (κ1) is 12.6. The summed E-state index contributed by atoms with van der Waals surface area (Å²) < 4.78 is 37.8. The van der Waals surface area contributed by atoms with Gasteiger partial charge in [0.1, 0.15) is 0 Å². The van der Waals surface area contributed by atoms with Gasteiger partial charge in [-0.15, -0.1) is 0 Å². The normalized spacial score (nSPS) is 11.6. The maximum atomic E-state index is 12.6. The topological polar surface area (TPSA) is 45.8 Å². The van der Waals surface area contributed by atoms with Crippen molar-refractivity contribution >= 4 is 17.4 Å². The number of nitrogens with one attached hydrogen (secondary N) is 1. The van der Waals surface area contributed by atoms with Gasteiger partial charge in [0, 0.05) is 18.0 Å². The van der Waals surface area contributed by atoms with E-state index in [-0.39, 0.29) is 11.4 Å². The largest absolute Gasteiger partial charge is 0.417 e. The molecule has 0 aliphatic rings.